The van der Waals surface area contributed by atoms with Crippen molar-refractivity contribution in [2.45, 2.75) is 19.3 Å². The van der Waals surface area contributed by atoms with Gasteiger partial charge in [-0.25, -0.2) is 9.37 Å². The highest BCUT2D eigenvalue weighted by molar-refractivity contribution is 5.58. The number of imidazole rings is 1. The minimum Gasteiger partial charge on any atom is -0.366 e. The molecule has 4 nitrogen and oxygen atoms in total. The molecule has 0 bridgehead atoms. The van der Waals surface area contributed by atoms with Gasteiger partial charge in [-0.2, -0.15) is 18.4 Å². The molecular formula is C14H12F4N4. The molecule has 8 heteroatoms. The van der Waals surface area contributed by atoms with E-state index >= 15 is 0 Å². The Morgan fingerprint density at radius 1 is 1.36 bits per heavy atom. The highest BCUT2D eigenvalue weighted by Gasteiger charge is 2.29. The molecule has 0 radical (unpaired) electrons. The molecule has 2 rings (SSSR count). The summed E-state index contributed by atoms with van der Waals surface area (Å²) in [6, 6.07) is 5.54. The van der Waals surface area contributed by atoms with Gasteiger partial charge >= 0.3 is 6.18 Å². The average Bonchev–Trinajstić information content (AvgIpc) is 2.83. The number of hydrogen-bond donors (Lipinski definition) is 0. The second-order valence-corrected chi connectivity index (χ2v) is 4.72. The molecular weight excluding hydrogens is 300 g/mol. The van der Waals surface area contributed by atoms with Crippen molar-refractivity contribution in [2.75, 3.05) is 11.9 Å². The maximum atomic E-state index is 13.1. The summed E-state index contributed by atoms with van der Waals surface area (Å²) in [6.45, 7) is -1.08. The fraction of sp³-hybridized carbons (Fsp3) is 0.286. The van der Waals surface area contributed by atoms with Crippen LogP contribution in [0.5, 0.6) is 0 Å². The van der Waals surface area contributed by atoms with Gasteiger partial charge in [-0.05, 0) is 18.2 Å². The van der Waals surface area contributed by atoms with Crippen molar-refractivity contribution in [3.8, 4) is 6.07 Å². The van der Waals surface area contributed by atoms with Crippen LogP contribution in [-0.2, 0) is 13.1 Å². The van der Waals surface area contributed by atoms with Gasteiger partial charge in [0, 0.05) is 19.4 Å². The lowest BCUT2D eigenvalue weighted by atomic mass is 10.1. The largest absolute Gasteiger partial charge is 0.406 e. The van der Waals surface area contributed by atoms with E-state index in [0.717, 1.165) is 10.6 Å². The van der Waals surface area contributed by atoms with Crippen LogP contribution in [0.15, 0.2) is 30.6 Å². The normalized spacial score (nSPS) is 11.3. The summed E-state index contributed by atoms with van der Waals surface area (Å²) in [5.74, 6) is -0.347. The van der Waals surface area contributed by atoms with Gasteiger partial charge in [-0.3, -0.25) is 0 Å². The first-order valence-corrected chi connectivity index (χ1v) is 6.27. The van der Waals surface area contributed by atoms with E-state index in [4.69, 9.17) is 5.26 Å². The van der Waals surface area contributed by atoms with Crippen LogP contribution in [0.4, 0.5) is 23.2 Å². The Balaban J connectivity index is 2.22. The van der Waals surface area contributed by atoms with Crippen molar-refractivity contribution in [3.63, 3.8) is 0 Å². The van der Waals surface area contributed by atoms with Crippen molar-refractivity contribution in [2.24, 2.45) is 0 Å². The lowest BCUT2D eigenvalue weighted by molar-refractivity contribution is -0.141. The van der Waals surface area contributed by atoms with Gasteiger partial charge < -0.3 is 9.47 Å². The lowest BCUT2D eigenvalue weighted by Crippen LogP contribution is -2.24. The number of anilines is 1. The van der Waals surface area contributed by atoms with E-state index in [-0.39, 0.29) is 17.9 Å². The summed E-state index contributed by atoms with van der Waals surface area (Å²) in [4.78, 5) is 5.45. The molecule has 2 aromatic rings. The number of alkyl halides is 3. The molecule has 1 heterocycles. The fourth-order valence-corrected chi connectivity index (χ4v) is 2.06. The van der Waals surface area contributed by atoms with Crippen molar-refractivity contribution in [3.05, 3.63) is 47.8 Å². The molecule has 0 amide bonds. The van der Waals surface area contributed by atoms with Gasteiger partial charge in [0.2, 0.25) is 0 Å². The van der Waals surface area contributed by atoms with Crippen LogP contribution in [0.3, 0.4) is 0 Å². The van der Waals surface area contributed by atoms with Crippen LogP contribution in [0, 0.1) is 17.1 Å². The Bertz CT molecular complexity index is 700. The number of halogens is 4. The van der Waals surface area contributed by atoms with Crippen molar-refractivity contribution < 1.29 is 17.6 Å². The van der Waals surface area contributed by atoms with Gasteiger partial charge in [0.05, 0.1) is 17.8 Å². The zero-order chi connectivity index (χ0) is 16.3. The van der Waals surface area contributed by atoms with Gasteiger partial charge in [0.25, 0.3) is 0 Å². The Labute approximate surface area is 124 Å². The Kier molecular flexibility index (Phi) is 4.35. The molecule has 1 aromatic carbocycles. The smallest absolute Gasteiger partial charge is 0.366 e. The highest BCUT2D eigenvalue weighted by atomic mass is 19.4. The minimum atomic E-state index is -4.35. The zero-order valence-corrected chi connectivity index (χ0v) is 11.6. The summed E-state index contributed by atoms with van der Waals surface area (Å²) in [5, 5.41) is 9.01. The summed E-state index contributed by atoms with van der Waals surface area (Å²) in [7, 11) is 1.60. The van der Waals surface area contributed by atoms with E-state index in [1.165, 1.54) is 24.5 Å². The Morgan fingerprint density at radius 3 is 2.73 bits per heavy atom. The highest BCUT2D eigenvalue weighted by Crippen LogP contribution is 2.23. The standard InChI is InChI=1S/C14H12F4N4/c1-21(12-3-2-11(15)6-10(12)7-19)8-13-20-4-5-22(13)9-14(16,17)18/h2-6H,8-9H2,1H3. The number of nitrogens with zero attached hydrogens (tertiary/aromatic N) is 4. The molecule has 0 spiro atoms. The number of hydrogen-bond acceptors (Lipinski definition) is 3. The molecule has 0 saturated heterocycles. The van der Waals surface area contributed by atoms with Gasteiger partial charge in [-0.15, -0.1) is 0 Å². The molecule has 0 aliphatic carbocycles. The summed E-state index contributed by atoms with van der Waals surface area (Å²) >= 11 is 0. The number of rotatable bonds is 4. The van der Waals surface area contributed by atoms with Gasteiger partial charge in [-0.1, -0.05) is 0 Å². The van der Waals surface area contributed by atoms with Crippen LogP contribution in [0.1, 0.15) is 11.4 Å². The second-order valence-electron chi connectivity index (χ2n) is 4.72. The first kappa shape index (κ1) is 15.8. The van der Waals surface area contributed by atoms with Crippen LogP contribution in [-0.4, -0.2) is 22.8 Å². The average molecular weight is 312 g/mol. The maximum absolute atomic E-state index is 13.1. The van der Waals surface area contributed by atoms with Crippen LogP contribution in [0.25, 0.3) is 0 Å². The molecule has 0 aliphatic rings. The zero-order valence-electron chi connectivity index (χ0n) is 11.6. The quantitative estimate of drug-likeness (QED) is 0.815. The Morgan fingerprint density at radius 2 is 2.09 bits per heavy atom. The molecule has 0 aliphatic heterocycles. The van der Waals surface area contributed by atoms with E-state index in [0.29, 0.717) is 5.69 Å². The molecule has 1 aromatic heterocycles. The molecule has 0 atom stereocenters. The summed E-state index contributed by atoms with van der Waals surface area (Å²) in [5.41, 5.74) is 0.530. The van der Waals surface area contributed by atoms with Crippen LogP contribution < -0.4 is 4.90 Å². The van der Waals surface area contributed by atoms with E-state index < -0.39 is 18.5 Å². The minimum absolute atomic E-state index is 0.0589. The van der Waals surface area contributed by atoms with Crippen molar-refractivity contribution in [1.82, 2.24) is 9.55 Å². The van der Waals surface area contributed by atoms with Crippen molar-refractivity contribution >= 4 is 5.69 Å². The second kappa shape index (κ2) is 6.05. The van der Waals surface area contributed by atoms with Crippen LogP contribution in [0.2, 0.25) is 0 Å². The van der Waals surface area contributed by atoms with Crippen molar-refractivity contribution in [1.29, 1.82) is 5.26 Å². The third-order valence-electron chi connectivity index (χ3n) is 3.02. The van der Waals surface area contributed by atoms with E-state index in [2.05, 4.69) is 4.98 Å². The molecule has 0 fully saturated rings. The number of benzene rings is 1. The van der Waals surface area contributed by atoms with Gasteiger partial charge in [0.1, 0.15) is 24.3 Å². The first-order valence-electron chi connectivity index (χ1n) is 6.27. The van der Waals surface area contributed by atoms with E-state index in [1.54, 1.807) is 11.9 Å². The monoisotopic (exact) mass is 312 g/mol. The number of aromatic nitrogens is 2. The fourth-order valence-electron chi connectivity index (χ4n) is 2.06. The predicted molar refractivity (Wildman–Crippen MR) is 71.5 cm³/mol. The molecule has 0 N–H and O–H groups in total. The van der Waals surface area contributed by atoms with Crippen LogP contribution >= 0.6 is 0 Å². The molecule has 22 heavy (non-hydrogen) atoms. The predicted octanol–water partition coefficient (Wildman–Crippen LogP) is 3.09. The number of nitriles is 1. The summed E-state index contributed by atoms with van der Waals surface area (Å²) in [6.07, 6.45) is -1.82. The first-order chi connectivity index (χ1) is 10.3. The molecule has 116 valence electrons. The summed E-state index contributed by atoms with van der Waals surface area (Å²) < 4.78 is 51.5. The topological polar surface area (TPSA) is 44.9 Å². The Hall–Kier alpha value is -2.56. The van der Waals surface area contributed by atoms with Gasteiger partial charge in [0.15, 0.2) is 0 Å². The maximum Gasteiger partial charge on any atom is 0.406 e. The molecule has 0 unspecified atom stereocenters. The SMILES string of the molecule is CN(Cc1nccn1CC(F)(F)F)c1ccc(F)cc1C#N. The molecule has 0 saturated carbocycles. The lowest BCUT2D eigenvalue weighted by Gasteiger charge is -2.21. The van der Waals surface area contributed by atoms with E-state index in [9.17, 15) is 17.6 Å². The van der Waals surface area contributed by atoms with E-state index in [1.807, 2.05) is 6.07 Å². The third-order valence-corrected chi connectivity index (χ3v) is 3.02. The third kappa shape index (κ3) is 3.75.